The van der Waals surface area contributed by atoms with Gasteiger partial charge < -0.3 is 15.7 Å². The van der Waals surface area contributed by atoms with Crippen LogP contribution < -0.4 is 10.6 Å². The van der Waals surface area contributed by atoms with Gasteiger partial charge in [0.05, 0.1) is 16.7 Å². The zero-order chi connectivity index (χ0) is 12.9. The van der Waals surface area contributed by atoms with Crippen molar-refractivity contribution >= 4 is 23.3 Å². The Bertz CT molecular complexity index is 562. The summed E-state index contributed by atoms with van der Waals surface area (Å²) < 4.78 is 0. The van der Waals surface area contributed by atoms with Gasteiger partial charge in [-0.05, 0) is 30.5 Å². The highest BCUT2D eigenvalue weighted by atomic mass is 16.4. The molecule has 1 saturated carbocycles. The SMILES string of the molecule is CNc1cc(C(=O)O)c2c(c1)C1(CCC1)C(=O)N2. The second-order valence-corrected chi connectivity index (χ2v) is 4.89. The Kier molecular flexibility index (Phi) is 2.14. The summed E-state index contributed by atoms with van der Waals surface area (Å²) in [6.07, 6.45) is 2.62. The highest BCUT2D eigenvalue weighted by molar-refractivity contribution is 6.12. The lowest BCUT2D eigenvalue weighted by Crippen LogP contribution is -2.40. The summed E-state index contributed by atoms with van der Waals surface area (Å²) in [4.78, 5) is 23.4. The first-order valence-electron chi connectivity index (χ1n) is 5.99. The van der Waals surface area contributed by atoms with E-state index >= 15 is 0 Å². The lowest BCUT2D eigenvalue weighted by atomic mass is 9.65. The summed E-state index contributed by atoms with van der Waals surface area (Å²) in [6.45, 7) is 0. The molecular weight excluding hydrogens is 232 g/mol. The molecule has 1 aliphatic heterocycles. The topological polar surface area (TPSA) is 78.4 Å². The Morgan fingerprint density at radius 1 is 1.44 bits per heavy atom. The molecular formula is C13H14N2O3. The Labute approximate surface area is 104 Å². The molecule has 0 atom stereocenters. The predicted molar refractivity (Wildman–Crippen MR) is 67.1 cm³/mol. The molecule has 0 unspecified atom stereocenters. The Hall–Kier alpha value is -2.04. The molecule has 1 amide bonds. The standard InChI is InChI=1S/C13H14N2O3/c1-14-7-5-8(11(16)17)10-9(6-7)13(3-2-4-13)12(18)15-10/h5-6,14H,2-4H2,1H3,(H,15,18)(H,16,17). The minimum Gasteiger partial charge on any atom is -0.478 e. The van der Waals surface area contributed by atoms with Crippen molar-refractivity contribution in [3.8, 4) is 0 Å². The minimum absolute atomic E-state index is 0.0560. The number of aromatic carboxylic acids is 1. The highest BCUT2D eigenvalue weighted by Gasteiger charge is 2.52. The lowest BCUT2D eigenvalue weighted by Gasteiger charge is -2.36. The second kappa shape index (κ2) is 3.48. The number of amides is 1. The number of nitrogens with one attached hydrogen (secondary N) is 2. The number of carboxylic acid groups (broad SMARTS) is 1. The summed E-state index contributed by atoms with van der Waals surface area (Å²) in [5, 5.41) is 14.9. The number of carbonyl (C=O) groups is 2. The molecule has 1 aliphatic carbocycles. The van der Waals surface area contributed by atoms with E-state index in [9.17, 15) is 14.7 Å². The number of anilines is 2. The molecule has 0 radical (unpaired) electrons. The Morgan fingerprint density at radius 3 is 2.67 bits per heavy atom. The van der Waals surface area contributed by atoms with E-state index in [2.05, 4.69) is 10.6 Å². The molecule has 1 spiro atoms. The summed E-state index contributed by atoms with van der Waals surface area (Å²) in [7, 11) is 1.74. The van der Waals surface area contributed by atoms with Crippen molar-refractivity contribution in [2.75, 3.05) is 17.7 Å². The third-order valence-corrected chi connectivity index (χ3v) is 4.05. The minimum atomic E-state index is -1.01. The van der Waals surface area contributed by atoms with E-state index in [1.165, 1.54) is 0 Å². The van der Waals surface area contributed by atoms with E-state index in [1.807, 2.05) is 6.07 Å². The largest absolute Gasteiger partial charge is 0.478 e. The van der Waals surface area contributed by atoms with E-state index in [0.29, 0.717) is 5.69 Å². The van der Waals surface area contributed by atoms with Crippen LogP contribution in [0.1, 0.15) is 35.2 Å². The number of carbonyl (C=O) groups excluding carboxylic acids is 1. The summed E-state index contributed by atoms with van der Waals surface area (Å²) >= 11 is 0. The van der Waals surface area contributed by atoms with Gasteiger partial charge >= 0.3 is 5.97 Å². The molecule has 5 nitrogen and oxygen atoms in total. The van der Waals surface area contributed by atoms with E-state index in [1.54, 1.807) is 13.1 Å². The van der Waals surface area contributed by atoms with Crippen LogP contribution in [0.25, 0.3) is 0 Å². The number of carboxylic acids is 1. The van der Waals surface area contributed by atoms with Crippen molar-refractivity contribution in [1.29, 1.82) is 0 Å². The van der Waals surface area contributed by atoms with Gasteiger partial charge in [-0.1, -0.05) is 6.42 Å². The predicted octanol–water partition coefficient (Wildman–Crippen LogP) is 1.80. The zero-order valence-electron chi connectivity index (χ0n) is 10.0. The maximum atomic E-state index is 12.1. The number of benzene rings is 1. The van der Waals surface area contributed by atoms with E-state index in [-0.39, 0.29) is 11.5 Å². The van der Waals surface area contributed by atoms with Gasteiger partial charge in [-0.15, -0.1) is 0 Å². The van der Waals surface area contributed by atoms with Crippen molar-refractivity contribution < 1.29 is 14.7 Å². The number of hydrogen-bond acceptors (Lipinski definition) is 3. The van der Waals surface area contributed by atoms with Crippen LogP contribution in [0.5, 0.6) is 0 Å². The van der Waals surface area contributed by atoms with Crippen LogP contribution in [-0.4, -0.2) is 24.0 Å². The van der Waals surface area contributed by atoms with Crippen molar-refractivity contribution in [2.45, 2.75) is 24.7 Å². The smallest absolute Gasteiger partial charge is 0.337 e. The molecule has 94 valence electrons. The lowest BCUT2D eigenvalue weighted by molar-refractivity contribution is -0.123. The fraction of sp³-hybridized carbons (Fsp3) is 0.385. The molecule has 0 bridgehead atoms. The van der Waals surface area contributed by atoms with E-state index in [0.717, 1.165) is 30.5 Å². The molecule has 3 N–H and O–H groups in total. The normalized spacial score (nSPS) is 19.1. The molecule has 5 heteroatoms. The molecule has 0 saturated heterocycles. The van der Waals surface area contributed by atoms with Crippen molar-refractivity contribution in [2.24, 2.45) is 0 Å². The van der Waals surface area contributed by atoms with Gasteiger partial charge in [0.15, 0.2) is 0 Å². The van der Waals surface area contributed by atoms with Crippen molar-refractivity contribution in [3.05, 3.63) is 23.3 Å². The molecule has 1 heterocycles. The second-order valence-electron chi connectivity index (χ2n) is 4.89. The Morgan fingerprint density at radius 2 is 2.17 bits per heavy atom. The molecule has 0 aromatic heterocycles. The van der Waals surface area contributed by atoms with E-state index < -0.39 is 11.4 Å². The maximum absolute atomic E-state index is 12.1. The third-order valence-electron chi connectivity index (χ3n) is 4.05. The molecule has 18 heavy (non-hydrogen) atoms. The van der Waals surface area contributed by atoms with E-state index in [4.69, 9.17) is 0 Å². The maximum Gasteiger partial charge on any atom is 0.337 e. The number of rotatable bonds is 2. The van der Waals surface area contributed by atoms with Gasteiger partial charge in [-0.25, -0.2) is 4.79 Å². The molecule has 1 aromatic rings. The monoisotopic (exact) mass is 246 g/mol. The van der Waals surface area contributed by atoms with Crippen molar-refractivity contribution in [1.82, 2.24) is 0 Å². The fourth-order valence-electron chi connectivity index (χ4n) is 2.85. The molecule has 1 fully saturated rings. The fourth-order valence-corrected chi connectivity index (χ4v) is 2.85. The molecule has 2 aliphatic rings. The van der Waals surface area contributed by atoms with Gasteiger partial charge in [0.2, 0.25) is 5.91 Å². The van der Waals surface area contributed by atoms with Crippen LogP contribution in [0, 0.1) is 0 Å². The van der Waals surface area contributed by atoms with Gasteiger partial charge in [-0.3, -0.25) is 4.79 Å². The van der Waals surface area contributed by atoms with Gasteiger partial charge in [0.1, 0.15) is 0 Å². The first-order valence-corrected chi connectivity index (χ1v) is 5.99. The van der Waals surface area contributed by atoms with Gasteiger partial charge in [0, 0.05) is 12.7 Å². The van der Waals surface area contributed by atoms with Crippen LogP contribution in [0.4, 0.5) is 11.4 Å². The average molecular weight is 246 g/mol. The van der Waals surface area contributed by atoms with Crippen molar-refractivity contribution in [3.63, 3.8) is 0 Å². The van der Waals surface area contributed by atoms with Crippen LogP contribution in [0.3, 0.4) is 0 Å². The van der Waals surface area contributed by atoms with Crippen LogP contribution in [0.15, 0.2) is 12.1 Å². The zero-order valence-corrected chi connectivity index (χ0v) is 10.0. The highest BCUT2D eigenvalue weighted by Crippen LogP contribution is 2.52. The summed E-state index contributed by atoms with van der Waals surface area (Å²) in [5.74, 6) is -1.07. The quantitative estimate of drug-likeness (QED) is 0.743. The molecule has 3 rings (SSSR count). The van der Waals surface area contributed by atoms with Crippen LogP contribution in [-0.2, 0) is 10.2 Å². The number of hydrogen-bond donors (Lipinski definition) is 3. The Balaban J connectivity index is 2.24. The number of fused-ring (bicyclic) bond motifs is 2. The third kappa shape index (κ3) is 1.21. The first kappa shape index (κ1) is 11.1. The first-order chi connectivity index (χ1) is 8.58. The van der Waals surface area contributed by atoms with Crippen LogP contribution in [0.2, 0.25) is 0 Å². The summed E-state index contributed by atoms with van der Waals surface area (Å²) in [6, 6.07) is 3.44. The molecule has 1 aromatic carbocycles. The van der Waals surface area contributed by atoms with Gasteiger partial charge in [-0.2, -0.15) is 0 Å². The van der Waals surface area contributed by atoms with Crippen LogP contribution >= 0.6 is 0 Å². The summed E-state index contributed by atoms with van der Waals surface area (Å²) in [5.41, 5.74) is 1.73. The average Bonchev–Trinajstić information content (AvgIpc) is 2.58. The van der Waals surface area contributed by atoms with Gasteiger partial charge in [0.25, 0.3) is 0 Å².